The van der Waals surface area contributed by atoms with Crippen LogP contribution < -0.4 is 5.32 Å². The van der Waals surface area contributed by atoms with Gasteiger partial charge in [-0.15, -0.1) is 5.10 Å². The molecule has 1 unspecified atom stereocenters. The van der Waals surface area contributed by atoms with Gasteiger partial charge < -0.3 is 15.2 Å². The molecule has 8 nitrogen and oxygen atoms in total. The minimum absolute atomic E-state index is 0.0671. The van der Waals surface area contributed by atoms with E-state index in [1.54, 1.807) is 0 Å². The van der Waals surface area contributed by atoms with Crippen LogP contribution in [0, 0.1) is 13.8 Å². The Hall–Kier alpha value is -2.06. The average molecular weight is 293 g/mol. The molecule has 114 valence electrons. The SMILES string of the molecule is COCC(O)CCNC(=O)c1nc2nc(C)cc(C)n2n1. The van der Waals surface area contributed by atoms with Gasteiger partial charge in [0.15, 0.2) is 0 Å². The Morgan fingerprint density at radius 1 is 1.48 bits per heavy atom. The third-order valence-electron chi connectivity index (χ3n) is 2.94. The maximum absolute atomic E-state index is 12.0. The zero-order valence-electron chi connectivity index (χ0n) is 12.3. The number of amides is 1. The van der Waals surface area contributed by atoms with Crippen molar-refractivity contribution in [1.29, 1.82) is 0 Å². The molecule has 0 aliphatic rings. The van der Waals surface area contributed by atoms with Crippen molar-refractivity contribution in [2.24, 2.45) is 0 Å². The summed E-state index contributed by atoms with van der Waals surface area (Å²) in [6.45, 7) is 4.30. The van der Waals surface area contributed by atoms with Gasteiger partial charge in [0, 0.05) is 25.0 Å². The molecule has 0 fully saturated rings. The fourth-order valence-corrected chi connectivity index (χ4v) is 1.97. The van der Waals surface area contributed by atoms with Gasteiger partial charge in [0.1, 0.15) is 0 Å². The Morgan fingerprint density at radius 2 is 2.24 bits per heavy atom. The molecule has 0 spiro atoms. The molecule has 2 rings (SSSR count). The zero-order chi connectivity index (χ0) is 15.4. The lowest BCUT2D eigenvalue weighted by Gasteiger charge is -2.08. The minimum atomic E-state index is -0.601. The molecule has 0 bridgehead atoms. The van der Waals surface area contributed by atoms with Crippen molar-refractivity contribution in [3.8, 4) is 0 Å². The van der Waals surface area contributed by atoms with E-state index in [9.17, 15) is 9.90 Å². The first-order valence-electron chi connectivity index (χ1n) is 6.67. The molecule has 2 N–H and O–H groups in total. The number of ether oxygens (including phenoxy) is 1. The predicted octanol–water partition coefficient (Wildman–Crippen LogP) is -0.132. The van der Waals surface area contributed by atoms with Gasteiger partial charge in [-0.25, -0.2) is 9.50 Å². The second kappa shape index (κ2) is 6.59. The largest absolute Gasteiger partial charge is 0.391 e. The van der Waals surface area contributed by atoms with Crippen LogP contribution in [-0.2, 0) is 4.74 Å². The number of aromatic nitrogens is 4. The smallest absolute Gasteiger partial charge is 0.291 e. The lowest BCUT2D eigenvalue weighted by atomic mass is 10.2. The molecule has 0 aliphatic heterocycles. The quantitative estimate of drug-likeness (QED) is 0.769. The summed E-state index contributed by atoms with van der Waals surface area (Å²) in [6, 6.07) is 1.87. The van der Waals surface area contributed by atoms with E-state index in [2.05, 4.69) is 20.4 Å². The molecular weight excluding hydrogens is 274 g/mol. The minimum Gasteiger partial charge on any atom is -0.391 e. The molecule has 0 saturated heterocycles. The third kappa shape index (κ3) is 3.73. The summed E-state index contributed by atoms with van der Waals surface area (Å²) >= 11 is 0. The molecular formula is C13H19N5O3. The van der Waals surface area contributed by atoms with E-state index < -0.39 is 6.10 Å². The Bertz CT molecular complexity index is 640. The van der Waals surface area contributed by atoms with Gasteiger partial charge in [-0.1, -0.05) is 0 Å². The lowest BCUT2D eigenvalue weighted by molar-refractivity contribution is 0.0587. The summed E-state index contributed by atoms with van der Waals surface area (Å²) in [5, 5.41) is 16.3. The average Bonchev–Trinajstić information content (AvgIpc) is 2.83. The number of hydrogen-bond acceptors (Lipinski definition) is 6. The molecule has 1 amide bonds. The Morgan fingerprint density at radius 3 is 2.95 bits per heavy atom. The number of aliphatic hydroxyl groups is 1. The fraction of sp³-hybridized carbons (Fsp3) is 0.538. The number of carbonyl (C=O) groups is 1. The molecule has 8 heteroatoms. The topological polar surface area (TPSA) is 102 Å². The van der Waals surface area contributed by atoms with Crippen molar-refractivity contribution in [2.45, 2.75) is 26.4 Å². The van der Waals surface area contributed by atoms with Crippen molar-refractivity contribution in [1.82, 2.24) is 24.9 Å². The van der Waals surface area contributed by atoms with Crippen LogP contribution in [-0.4, -0.2) is 57.0 Å². The highest BCUT2D eigenvalue weighted by molar-refractivity contribution is 5.90. The third-order valence-corrected chi connectivity index (χ3v) is 2.94. The highest BCUT2D eigenvalue weighted by Crippen LogP contribution is 2.05. The first kappa shape index (κ1) is 15.3. The van der Waals surface area contributed by atoms with E-state index in [0.717, 1.165) is 11.4 Å². The highest BCUT2D eigenvalue weighted by atomic mass is 16.5. The van der Waals surface area contributed by atoms with Gasteiger partial charge in [0.25, 0.3) is 11.7 Å². The van der Waals surface area contributed by atoms with Crippen LogP contribution in [0.25, 0.3) is 5.78 Å². The highest BCUT2D eigenvalue weighted by Gasteiger charge is 2.15. The normalized spacial score (nSPS) is 12.6. The molecule has 2 aromatic rings. The number of nitrogens with one attached hydrogen (secondary N) is 1. The summed E-state index contributed by atoms with van der Waals surface area (Å²) in [5.74, 6) is 0.0802. The molecule has 2 heterocycles. The first-order chi connectivity index (χ1) is 10.0. The van der Waals surface area contributed by atoms with Crippen LogP contribution in [0.2, 0.25) is 0 Å². The van der Waals surface area contributed by atoms with E-state index in [4.69, 9.17) is 4.74 Å². The molecule has 0 aromatic carbocycles. The summed E-state index contributed by atoms with van der Waals surface area (Å²) < 4.78 is 6.34. The summed E-state index contributed by atoms with van der Waals surface area (Å²) in [5.41, 5.74) is 1.68. The number of rotatable bonds is 6. The van der Waals surface area contributed by atoms with Crippen LogP contribution >= 0.6 is 0 Å². The van der Waals surface area contributed by atoms with E-state index in [1.165, 1.54) is 11.6 Å². The summed E-state index contributed by atoms with van der Waals surface area (Å²) in [6.07, 6.45) is -0.195. The lowest BCUT2D eigenvalue weighted by Crippen LogP contribution is -2.29. The molecule has 0 saturated carbocycles. The van der Waals surface area contributed by atoms with Crippen LogP contribution in [0.3, 0.4) is 0 Å². The van der Waals surface area contributed by atoms with Gasteiger partial charge in [0.2, 0.25) is 5.82 Å². The number of fused-ring (bicyclic) bond motifs is 1. The van der Waals surface area contributed by atoms with Crippen molar-refractivity contribution >= 4 is 11.7 Å². The van der Waals surface area contributed by atoms with Crippen molar-refractivity contribution in [3.05, 3.63) is 23.3 Å². The zero-order valence-corrected chi connectivity index (χ0v) is 12.3. The van der Waals surface area contributed by atoms with Gasteiger partial charge in [-0.05, 0) is 26.3 Å². The number of nitrogens with zero attached hydrogens (tertiary/aromatic N) is 4. The molecule has 2 aromatic heterocycles. The Balaban J connectivity index is 2.01. The molecule has 21 heavy (non-hydrogen) atoms. The van der Waals surface area contributed by atoms with E-state index in [0.29, 0.717) is 18.7 Å². The standard InChI is InChI=1S/C13H19N5O3/c1-8-6-9(2)18-13(15-8)16-11(17-18)12(20)14-5-4-10(19)7-21-3/h6,10,19H,4-5,7H2,1-3H3,(H,14,20). The number of carbonyl (C=O) groups excluding carboxylic acids is 1. The van der Waals surface area contributed by atoms with Crippen molar-refractivity contribution < 1.29 is 14.6 Å². The van der Waals surface area contributed by atoms with E-state index in [1.807, 2.05) is 19.9 Å². The maximum atomic E-state index is 12.0. The summed E-state index contributed by atoms with van der Waals surface area (Å²) in [7, 11) is 1.51. The number of aliphatic hydroxyl groups excluding tert-OH is 1. The Kier molecular flexibility index (Phi) is 4.81. The number of hydrogen-bond donors (Lipinski definition) is 2. The maximum Gasteiger partial charge on any atom is 0.291 e. The molecule has 0 radical (unpaired) electrons. The molecule has 0 aliphatic carbocycles. The monoisotopic (exact) mass is 293 g/mol. The fourth-order valence-electron chi connectivity index (χ4n) is 1.97. The predicted molar refractivity (Wildman–Crippen MR) is 75.1 cm³/mol. The number of aryl methyl sites for hydroxylation is 2. The van der Waals surface area contributed by atoms with Crippen molar-refractivity contribution in [3.63, 3.8) is 0 Å². The second-order valence-corrected chi connectivity index (χ2v) is 4.84. The van der Waals surface area contributed by atoms with Crippen LogP contribution in [0.4, 0.5) is 0 Å². The van der Waals surface area contributed by atoms with Gasteiger partial charge in [0.05, 0.1) is 12.7 Å². The summed E-state index contributed by atoms with van der Waals surface area (Å²) in [4.78, 5) is 20.3. The van der Waals surface area contributed by atoms with Crippen LogP contribution in [0.1, 0.15) is 28.4 Å². The van der Waals surface area contributed by atoms with Gasteiger partial charge >= 0.3 is 0 Å². The number of methoxy groups -OCH3 is 1. The van der Waals surface area contributed by atoms with Gasteiger partial charge in [-0.2, -0.15) is 4.98 Å². The van der Waals surface area contributed by atoms with Crippen molar-refractivity contribution in [2.75, 3.05) is 20.3 Å². The van der Waals surface area contributed by atoms with Crippen LogP contribution in [0.15, 0.2) is 6.07 Å². The van der Waals surface area contributed by atoms with Crippen LogP contribution in [0.5, 0.6) is 0 Å². The molecule has 1 atom stereocenters. The first-order valence-corrected chi connectivity index (χ1v) is 6.67. The Labute approximate surface area is 122 Å². The van der Waals surface area contributed by atoms with Gasteiger partial charge in [-0.3, -0.25) is 4.79 Å². The van der Waals surface area contributed by atoms with E-state index in [-0.39, 0.29) is 18.3 Å². The van der Waals surface area contributed by atoms with E-state index >= 15 is 0 Å². The second-order valence-electron chi connectivity index (χ2n) is 4.84.